The molecule has 0 aliphatic rings. The van der Waals surface area contributed by atoms with Gasteiger partial charge in [-0.05, 0) is 26.8 Å². The van der Waals surface area contributed by atoms with Crippen LogP contribution in [-0.2, 0) is 27.4 Å². The van der Waals surface area contributed by atoms with E-state index in [-0.39, 0.29) is 18.4 Å². The van der Waals surface area contributed by atoms with E-state index in [0.717, 1.165) is 0 Å². The molecule has 0 aliphatic heterocycles. The molecular weight excluding hydrogens is 310 g/mol. The molecule has 0 radical (unpaired) electrons. The Labute approximate surface area is 143 Å². The average molecular weight is 338 g/mol. The van der Waals surface area contributed by atoms with Gasteiger partial charge in [0.25, 0.3) is 0 Å². The first-order valence-electron chi connectivity index (χ1n) is 7.84. The molecule has 8 heteroatoms. The average Bonchev–Trinajstić information content (AvgIpc) is 2.88. The van der Waals surface area contributed by atoms with E-state index >= 15 is 0 Å². The molecule has 0 fully saturated rings. The summed E-state index contributed by atoms with van der Waals surface area (Å²) in [5.74, 6) is -0.473. The zero-order valence-corrected chi connectivity index (χ0v) is 15.2. The molecule has 0 atom stereocenters. The van der Waals surface area contributed by atoms with Gasteiger partial charge in [-0.3, -0.25) is 4.79 Å². The Balaban J connectivity index is 2.47. The molecule has 0 unspecified atom stereocenters. The number of carbonyl (C=O) groups is 2. The van der Waals surface area contributed by atoms with E-state index < -0.39 is 5.60 Å². The van der Waals surface area contributed by atoms with Gasteiger partial charge >= 0.3 is 5.97 Å². The van der Waals surface area contributed by atoms with Crippen molar-refractivity contribution in [2.24, 2.45) is 0 Å². The van der Waals surface area contributed by atoms with Crippen molar-refractivity contribution in [3.8, 4) is 0 Å². The highest BCUT2D eigenvalue weighted by atomic mass is 16.6. The summed E-state index contributed by atoms with van der Waals surface area (Å²) >= 11 is 0. The maximum Gasteiger partial charge on any atom is 0.362 e. The maximum atomic E-state index is 11.9. The molecule has 24 heavy (non-hydrogen) atoms. The van der Waals surface area contributed by atoms with E-state index in [9.17, 15) is 9.59 Å². The SMILES string of the molecule is C=CC(=O)NCc1cn(CC[N+](C)(C)CC(=O)OC(C)(C)C)nn1. The van der Waals surface area contributed by atoms with Crippen molar-refractivity contribution in [2.75, 3.05) is 27.2 Å². The third-order valence-corrected chi connectivity index (χ3v) is 3.13. The first-order valence-corrected chi connectivity index (χ1v) is 7.84. The fourth-order valence-corrected chi connectivity index (χ4v) is 1.95. The topological polar surface area (TPSA) is 86.1 Å². The molecule has 1 N–H and O–H groups in total. The van der Waals surface area contributed by atoms with Crippen LogP contribution < -0.4 is 5.32 Å². The van der Waals surface area contributed by atoms with Gasteiger partial charge in [-0.1, -0.05) is 11.8 Å². The number of likely N-dealkylation sites (N-methyl/N-ethyl adjacent to an activating group) is 1. The van der Waals surface area contributed by atoms with E-state index in [2.05, 4.69) is 22.2 Å². The van der Waals surface area contributed by atoms with Crippen LogP contribution in [-0.4, -0.2) is 64.1 Å². The largest absolute Gasteiger partial charge is 0.456 e. The first-order chi connectivity index (χ1) is 11.0. The van der Waals surface area contributed by atoms with E-state index in [4.69, 9.17) is 4.74 Å². The lowest BCUT2D eigenvalue weighted by Crippen LogP contribution is -2.47. The lowest BCUT2D eigenvalue weighted by molar-refractivity contribution is -0.883. The minimum Gasteiger partial charge on any atom is -0.456 e. The second-order valence-electron chi connectivity index (χ2n) is 7.30. The van der Waals surface area contributed by atoms with Crippen LogP contribution >= 0.6 is 0 Å². The monoisotopic (exact) mass is 338 g/mol. The molecule has 1 aromatic rings. The first kappa shape index (κ1) is 19.8. The molecule has 0 aromatic carbocycles. The Morgan fingerprint density at radius 1 is 1.42 bits per heavy atom. The number of rotatable bonds is 8. The summed E-state index contributed by atoms with van der Waals surface area (Å²) in [6.07, 6.45) is 2.98. The number of hydrogen-bond acceptors (Lipinski definition) is 5. The maximum absolute atomic E-state index is 11.9. The van der Waals surface area contributed by atoms with Gasteiger partial charge in [0.15, 0.2) is 6.54 Å². The Hall–Kier alpha value is -2.22. The zero-order chi connectivity index (χ0) is 18.4. The molecule has 0 saturated carbocycles. The van der Waals surface area contributed by atoms with Crippen molar-refractivity contribution < 1.29 is 18.8 Å². The molecule has 1 aromatic heterocycles. The van der Waals surface area contributed by atoms with Crippen molar-refractivity contribution in [3.63, 3.8) is 0 Å². The fraction of sp³-hybridized carbons (Fsp3) is 0.625. The van der Waals surface area contributed by atoms with Gasteiger partial charge in [-0.15, -0.1) is 5.10 Å². The molecular formula is C16H28N5O3+. The number of amides is 1. The summed E-state index contributed by atoms with van der Waals surface area (Å²) in [4.78, 5) is 23.1. The molecule has 1 heterocycles. The van der Waals surface area contributed by atoms with Crippen molar-refractivity contribution in [1.29, 1.82) is 0 Å². The fourth-order valence-electron chi connectivity index (χ4n) is 1.95. The van der Waals surface area contributed by atoms with Crippen LogP contribution in [0.4, 0.5) is 0 Å². The molecule has 1 rings (SSSR count). The van der Waals surface area contributed by atoms with Crippen molar-refractivity contribution in [3.05, 3.63) is 24.5 Å². The van der Waals surface area contributed by atoms with Crippen molar-refractivity contribution >= 4 is 11.9 Å². The normalized spacial score (nSPS) is 11.9. The summed E-state index contributed by atoms with van der Waals surface area (Å²) in [6, 6.07) is 0. The summed E-state index contributed by atoms with van der Waals surface area (Å²) in [5, 5.41) is 10.7. The van der Waals surface area contributed by atoms with Crippen LogP contribution in [0.1, 0.15) is 26.5 Å². The predicted octanol–water partition coefficient (Wildman–Crippen LogP) is 0.498. The number of nitrogens with one attached hydrogen (secondary N) is 1. The molecule has 0 bridgehead atoms. The number of ether oxygens (including phenoxy) is 1. The predicted molar refractivity (Wildman–Crippen MR) is 89.8 cm³/mol. The summed E-state index contributed by atoms with van der Waals surface area (Å²) in [7, 11) is 3.93. The van der Waals surface area contributed by atoms with Crippen LogP contribution in [0.2, 0.25) is 0 Å². The molecule has 0 saturated heterocycles. The number of quaternary nitrogens is 1. The quantitative estimate of drug-likeness (QED) is 0.424. The van der Waals surface area contributed by atoms with Gasteiger partial charge in [0, 0.05) is 0 Å². The van der Waals surface area contributed by atoms with Crippen LogP contribution in [0.25, 0.3) is 0 Å². The minimum atomic E-state index is -0.478. The lowest BCUT2D eigenvalue weighted by atomic mass is 10.2. The number of carbonyl (C=O) groups excluding carboxylic acids is 2. The van der Waals surface area contributed by atoms with Gasteiger partial charge in [0.2, 0.25) is 5.91 Å². The number of hydrogen-bond donors (Lipinski definition) is 1. The summed E-state index contributed by atoms with van der Waals surface area (Å²) < 4.78 is 7.54. The standard InChI is InChI=1S/C16H27N5O3/c1-7-14(22)17-10-13-11-20(19-18-13)8-9-21(5,6)12-15(23)24-16(2,3)4/h7,11H,1,8-10,12H2,2-6H3/p+1. The second kappa shape index (κ2) is 8.05. The van der Waals surface area contributed by atoms with Crippen LogP contribution in [0, 0.1) is 0 Å². The van der Waals surface area contributed by atoms with Crippen LogP contribution in [0.3, 0.4) is 0 Å². The van der Waals surface area contributed by atoms with Crippen molar-refractivity contribution in [1.82, 2.24) is 20.3 Å². The molecule has 1 amide bonds. The van der Waals surface area contributed by atoms with Gasteiger partial charge in [-0.2, -0.15) is 0 Å². The Morgan fingerprint density at radius 2 is 2.08 bits per heavy atom. The van der Waals surface area contributed by atoms with Gasteiger partial charge in [0.05, 0.1) is 39.9 Å². The number of esters is 1. The van der Waals surface area contributed by atoms with E-state index in [1.807, 2.05) is 34.9 Å². The molecule has 8 nitrogen and oxygen atoms in total. The smallest absolute Gasteiger partial charge is 0.362 e. The minimum absolute atomic E-state index is 0.223. The highest BCUT2D eigenvalue weighted by Crippen LogP contribution is 2.09. The Morgan fingerprint density at radius 3 is 2.67 bits per heavy atom. The van der Waals surface area contributed by atoms with E-state index in [1.54, 1.807) is 10.9 Å². The highest BCUT2D eigenvalue weighted by Gasteiger charge is 2.25. The summed E-state index contributed by atoms with van der Waals surface area (Å²) in [5.41, 5.74) is 0.191. The van der Waals surface area contributed by atoms with Gasteiger partial charge in [0.1, 0.15) is 11.3 Å². The van der Waals surface area contributed by atoms with Crippen molar-refractivity contribution in [2.45, 2.75) is 39.5 Å². The molecule has 134 valence electrons. The van der Waals surface area contributed by atoms with Crippen LogP contribution in [0.5, 0.6) is 0 Å². The number of aromatic nitrogens is 3. The van der Waals surface area contributed by atoms with Gasteiger partial charge < -0.3 is 14.5 Å². The van der Waals surface area contributed by atoms with Crippen LogP contribution in [0.15, 0.2) is 18.9 Å². The zero-order valence-electron chi connectivity index (χ0n) is 15.2. The Bertz CT molecular complexity index is 587. The third-order valence-electron chi connectivity index (χ3n) is 3.13. The Kier molecular flexibility index (Phi) is 6.65. The molecule has 0 spiro atoms. The number of nitrogens with zero attached hydrogens (tertiary/aromatic N) is 4. The van der Waals surface area contributed by atoms with E-state index in [1.165, 1.54) is 6.08 Å². The highest BCUT2D eigenvalue weighted by molar-refractivity contribution is 5.86. The summed E-state index contributed by atoms with van der Waals surface area (Å²) in [6.45, 7) is 10.8. The second-order valence-corrected chi connectivity index (χ2v) is 7.30. The third kappa shape index (κ3) is 7.87. The van der Waals surface area contributed by atoms with E-state index in [0.29, 0.717) is 29.8 Å². The lowest BCUT2D eigenvalue weighted by Gasteiger charge is -2.30. The molecule has 0 aliphatic carbocycles. The van der Waals surface area contributed by atoms with Gasteiger partial charge in [-0.25, -0.2) is 9.48 Å².